The molecule has 0 spiro atoms. The maximum atomic E-state index is 13.0. The number of nitrogens with zero attached hydrogens (tertiary/aromatic N) is 6. The summed E-state index contributed by atoms with van der Waals surface area (Å²) < 4.78 is 0. The summed E-state index contributed by atoms with van der Waals surface area (Å²) in [5, 5.41) is 29.9. The molecule has 1 N–H and O–H groups in total. The predicted octanol–water partition coefficient (Wildman–Crippen LogP) is 4.49. The zero-order valence-electron chi connectivity index (χ0n) is 19.9. The van der Waals surface area contributed by atoms with E-state index in [2.05, 4.69) is 41.2 Å². The molecule has 9 nitrogen and oxygen atoms in total. The number of hydrogen-bond acceptors (Lipinski definition) is 7. The highest BCUT2D eigenvalue weighted by atomic mass is 16.4. The first-order chi connectivity index (χ1) is 16.0. The summed E-state index contributed by atoms with van der Waals surface area (Å²) in [6.07, 6.45) is 0. The van der Waals surface area contributed by atoms with E-state index in [1.807, 2.05) is 31.2 Å². The molecule has 0 aromatic heterocycles. The molecule has 2 aromatic carbocycles. The zero-order chi connectivity index (χ0) is 24.6. The number of carboxylic acid groups (broad SMARTS) is 1. The van der Waals surface area contributed by atoms with Gasteiger partial charge in [-0.1, -0.05) is 32.9 Å². The fourth-order valence-corrected chi connectivity index (χ4v) is 3.78. The van der Waals surface area contributed by atoms with Crippen LogP contribution in [0.4, 0.5) is 11.4 Å². The van der Waals surface area contributed by atoms with Gasteiger partial charge in [0, 0.05) is 0 Å². The standard InChI is InChI=1S/C25H28N6O3/c1-15-21(14-30(28-15)19-10-6-17(7-11-19)24(33)34)26-27-22-16(2)29-31(23(22)32)20-12-8-18(9-13-20)25(3,4)5/h6-13,21-22H,14H2,1-5H3,(H,33,34)/b27-26+. The molecular formula is C25H28N6O3. The third-order valence-corrected chi connectivity index (χ3v) is 5.91. The number of anilines is 2. The lowest BCUT2D eigenvalue weighted by Gasteiger charge is -2.20. The number of amides is 1. The molecule has 2 aliphatic rings. The van der Waals surface area contributed by atoms with E-state index in [1.54, 1.807) is 24.1 Å². The highest BCUT2D eigenvalue weighted by Gasteiger charge is 2.35. The Labute approximate surface area is 198 Å². The fraction of sp³-hybridized carbons (Fsp3) is 0.360. The maximum absolute atomic E-state index is 13.0. The van der Waals surface area contributed by atoms with E-state index in [9.17, 15) is 9.59 Å². The van der Waals surface area contributed by atoms with Crippen LogP contribution in [0, 0.1) is 0 Å². The van der Waals surface area contributed by atoms with Crippen LogP contribution in [0.5, 0.6) is 0 Å². The molecule has 0 saturated carbocycles. The van der Waals surface area contributed by atoms with Crippen molar-refractivity contribution in [1.82, 2.24) is 0 Å². The molecule has 0 saturated heterocycles. The van der Waals surface area contributed by atoms with Crippen LogP contribution in [0.3, 0.4) is 0 Å². The first kappa shape index (κ1) is 23.3. The normalized spacial score (nSPS) is 20.8. The molecule has 34 heavy (non-hydrogen) atoms. The van der Waals surface area contributed by atoms with Crippen LogP contribution in [0.2, 0.25) is 0 Å². The third kappa shape index (κ3) is 4.59. The van der Waals surface area contributed by atoms with Gasteiger partial charge in [0.15, 0.2) is 6.04 Å². The fourth-order valence-electron chi connectivity index (χ4n) is 3.78. The first-order valence-electron chi connectivity index (χ1n) is 11.1. The van der Waals surface area contributed by atoms with E-state index in [0.717, 1.165) is 11.4 Å². The molecule has 0 bridgehead atoms. The van der Waals surface area contributed by atoms with Crippen LogP contribution in [-0.2, 0) is 10.2 Å². The number of azo groups is 1. The van der Waals surface area contributed by atoms with Crippen molar-refractivity contribution in [2.24, 2.45) is 20.4 Å². The molecule has 2 heterocycles. The Kier molecular flexibility index (Phi) is 6.03. The van der Waals surface area contributed by atoms with E-state index < -0.39 is 12.0 Å². The second-order valence-electron chi connectivity index (χ2n) is 9.51. The molecule has 2 aromatic rings. The van der Waals surface area contributed by atoms with E-state index in [-0.39, 0.29) is 22.9 Å². The molecule has 0 radical (unpaired) electrons. The Balaban J connectivity index is 1.44. The summed E-state index contributed by atoms with van der Waals surface area (Å²) in [5.41, 5.74) is 4.23. The molecule has 4 rings (SSSR count). The molecule has 2 aliphatic heterocycles. The van der Waals surface area contributed by atoms with Crippen molar-refractivity contribution in [2.75, 3.05) is 16.6 Å². The number of rotatable bonds is 5. The van der Waals surface area contributed by atoms with Gasteiger partial charge in [-0.05, 0) is 61.2 Å². The summed E-state index contributed by atoms with van der Waals surface area (Å²) in [6, 6.07) is 13.2. The van der Waals surface area contributed by atoms with Crippen molar-refractivity contribution < 1.29 is 14.7 Å². The minimum Gasteiger partial charge on any atom is -0.478 e. The van der Waals surface area contributed by atoms with Gasteiger partial charge < -0.3 is 5.11 Å². The smallest absolute Gasteiger partial charge is 0.335 e. The summed E-state index contributed by atoms with van der Waals surface area (Å²) >= 11 is 0. The largest absolute Gasteiger partial charge is 0.478 e. The van der Waals surface area contributed by atoms with E-state index in [4.69, 9.17) is 5.11 Å². The SMILES string of the molecule is CC1=NN(c2ccc(C(=O)O)cc2)CC1/N=N/C1C(=O)N(c2ccc(C(C)(C)C)cc2)N=C1C. The highest BCUT2D eigenvalue weighted by Crippen LogP contribution is 2.28. The molecule has 2 unspecified atom stereocenters. The van der Waals surface area contributed by atoms with Crippen LogP contribution in [-0.4, -0.2) is 47.0 Å². The lowest BCUT2D eigenvalue weighted by atomic mass is 9.87. The maximum Gasteiger partial charge on any atom is 0.335 e. The minimum atomic E-state index is -0.975. The van der Waals surface area contributed by atoms with Crippen molar-refractivity contribution in [2.45, 2.75) is 52.1 Å². The molecular weight excluding hydrogens is 432 g/mol. The average Bonchev–Trinajstić information content (AvgIpc) is 3.30. The molecule has 176 valence electrons. The van der Waals surface area contributed by atoms with E-state index in [1.165, 1.54) is 22.7 Å². The Hall–Kier alpha value is -3.88. The molecule has 0 fully saturated rings. The number of benzene rings is 2. The number of carboxylic acids is 1. The van der Waals surface area contributed by atoms with Crippen LogP contribution in [0.25, 0.3) is 0 Å². The van der Waals surface area contributed by atoms with Crippen molar-refractivity contribution in [1.29, 1.82) is 0 Å². The van der Waals surface area contributed by atoms with Crippen molar-refractivity contribution >= 4 is 34.7 Å². The van der Waals surface area contributed by atoms with Crippen LogP contribution >= 0.6 is 0 Å². The predicted molar refractivity (Wildman–Crippen MR) is 132 cm³/mol. The number of hydrazone groups is 2. The lowest BCUT2D eigenvalue weighted by Crippen LogP contribution is -2.30. The summed E-state index contributed by atoms with van der Waals surface area (Å²) in [4.78, 5) is 24.1. The molecule has 2 atom stereocenters. The van der Waals surface area contributed by atoms with Gasteiger partial charge in [-0.15, -0.1) is 0 Å². The topological polar surface area (TPSA) is 110 Å². The molecule has 9 heteroatoms. The van der Waals surface area contributed by atoms with Gasteiger partial charge in [-0.25, -0.2) is 4.79 Å². The first-order valence-corrected chi connectivity index (χ1v) is 11.1. The number of carbonyl (C=O) groups is 2. The van der Waals surface area contributed by atoms with Gasteiger partial charge in [-0.3, -0.25) is 9.80 Å². The van der Waals surface area contributed by atoms with Crippen molar-refractivity contribution in [3.8, 4) is 0 Å². The number of aromatic carboxylic acids is 1. The van der Waals surface area contributed by atoms with Gasteiger partial charge in [-0.2, -0.15) is 25.4 Å². The molecule has 0 aliphatic carbocycles. The summed E-state index contributed by atoms with van der Waals surface area (Å²) in [5.74, 6) is -1.21. The monoisotopic (exact) mass is 460 g/mol. The second kappa shape index (κ2) is 8.81. The minimum absolute atomic E-state index is 0.0242. The van der Waals surface area contributed by atoms with Gasteiger partial charge in [0.05, 0.1) is 34.9 Å². The van der Waals surface area contributed by atoms with Gasteiger partial charge in [0.25, 0.3) is 5.91 Å². The van der Waals surface area contributed by atoms with Gasteiger partial charge in [0.2, 0.25) is 0 Å². The second-order valence-corrected chi connectivity index (χ2v) is 9.51. The number of hydrogen-bond donors (Lipinski definition) is 1. The Morgan fingerprint density at radius 2 is 1.56 bits per heavy atom. The van der Waals surface area contributed by atoms with E-state index >= 15 is 0 Å². The lowest BCUT2D eigenvalue weighted by molar-refractivity contribution is -0.117. The van der Waals surface area contributed by atoms with Crippen molar-refractivity contribution in [3.63, 3.8) is 0 Å². The Morgan fingerprint density at radius 3 is 2.15 bits per heavy atom. The Bertz CT molecular complexity index is 1190. The third-order valence-electron chi connectivity index (χ3n) is 5.91. The quantitative estimate of drug-likeness (QED) is 0.663. The Morgan fingerprint density at radius 1 is 0.941 bits per heavy atom. The summed E-state index contributed by atoms with van der Waals surface area (Å²) in [6.45, 7) is 10.5. The van der Waals surface area contributed by atoms with Crippen LogP contribution in [0.15, 0.2) is 69.0 Å². The van der Waals surface area contributed by atoms with Gasteiger partial charge >= 0.3 is 5.97 Å². The number of carbonyl (C=O) groups excluding carboxylic acids is 1. The summed E-state index contributed by atoms with van der Waals surface area (Å²) in [7, 11) is 0. The average molecular weight is 461 g/mol. The van der Waals surface area contributed by atoms with E-state index in [0.29, 0.717) is 17.9 Å². The highest BCUT2D eigenvalue weighted by molar-refractivity contribution is 6.18. The zero-order valence-corrected chi connectivity index (χ0v) is 19.9. The van der Waals surface area contributed by atoms with Crippen LogP contribution in [0.1, 0.15) is 50.5 Å². The van der Waals surface area contributed by atoms with Crippen LogP contribution < -0.4 is 10.0 Å². The molecule has 1 amide bonds. The van der Waals surface area contributed by atoms with Gasteiger partial charge in [0.1, 0.15) is 6.04 Å². The van der Waals surface area contributed by atoms with Crippen molar-refractivity contribution in [3.05, 3.63) is 59.7 Å².